The van der Waals surface area contributed by atoms with Gasteiger partial charge in [-0.05, 0) is 32.6 Å². The van der Waals surface area contributed by atoms with Gasteiger partial charge in [0.15, 0.2) is 5.96 Å². The molecule has 0 aromatic carbocycles. The fraction of sp³-hybridized carbons (Fsp3) is 0.933. The van der Waals surface area contributed by atoms with Gasteiger partial charge in [-0.15, -0.1) is 0 Å². The van der Waals surface area contributed by atoms with Crippen LogP contribution in [0.5, 0.6) is 0 Å². The second-order valence-corrected chi connectivity index (χ2v) is 5.69. The van der Waals surface area contributed by atoms with E-state index < -0.39 is 0 Å². The molecule has 0 bridgehead atoms. The summed E-state index contributed by atoms with van der Waals surface area (Å²) in [4.78, 5) is 9.72. The smallest absolute Gasteiger partial charge is 0.193 e. The summed E-state index contributed by atoms with van der Waals surface area (Å²) in [5.74, 6) is 1.10. The predicted octanol–water partition coefficient (Wildman–Crippen LogP) is 1.16. The maximum absolute atomic E-state index is 5.20. The number of nitrogens with one attached hydrogen (secondary N) is 1. The standard InChI is InChI=1S/C15H30N4O/c1-3-16-15(19-9-4-5-10-19)17-8-11-18(12-13-20-2)14-6-7-14/h14H,3-13H2,1-2H3,(H,16,17). The van der Waals surface area contributed by atoms with E-state index in [2.05, 4.69) is 22.0 Å². The molecule has 0 aromatic heterocycles. The summed E-state index contributed by atoms with van der Waals surface area (Å²) in [6.45, 7) is 9.20. The fourth-order valence-electron chi connectivity index (χ4n) is 2.76. The quantitative estimate of drug-likeness (QED) is 0.536. The second-order valence-electron chi connectivity index (χ2n) is 5.69. The largest absolute Gasteiger partial charge is 0.383 e. The first-order valence-corrected chi connectivity index (χ1v) is 8.11. The molecule has 0 unspecified atom stereocenters. The summed E-state index contributed by atoms with van der Waals surface area (Å²) in [7, 11) is 1.78. The lowest BCUT2D eigenvalue weighted by Crippen LogP contribution is -2.40. The van der Waals surface area contributed by atoms with Gasteiger partial charge < -0.3 is 15.0 Å². The number of aliphatic imine (C=N–C) groups is 1. The van der Waals surface area contributed by atoms with E-state index >= 15 is 0 Å². The van der Waals surface area contributed by atoms with Crippen molar-refractivity contribution in [3.63, 3.8) is 0 Å². The van der Waals surface area contributed by atoms with Gasteiger partial charge in [0.25, 0.3) is 0 Å². The summed E-state index contributed by atoms with van der Waals surface area (Å²) in [5.41, 5.74) is 0. The van der Waals surface area contributed by atoms with Crippen LogP contribution in [0, 0.1) is 0 Å². The Labute approximate surface area is 123 Å². The molecular formula is C15H30N4O. The zero-order valence-electron chi connectivity index (χ0n) is 13.1. The lowest BCUT2D eigenvalue weighted by molar-refractivity contribution is 0.145. The van der Waals surface area contributed by atoms with E-state index in [0.717, 1.165) is 57.9 Å². The number of likely N-dealkylation sites (tertiary alicyclic amines) is 1. The zero-order chi connectivity index (χ0) is 14.2. The number of hydrogen-bond donors (Lipinski definition) is 1. The van der Waals surface area contributed by atoms with E-state index in [-0.39, 0.29) is 0 Å². The maximum Gasteiger partial charge on any atom is 0.193 e. The molecule has 1 saturated heterocycles. The second kappa shape index (κ2) is 8.47. The van der Waals surface area contributed by atoms with Crippen molar-refractivity contribution in [2.75, 3.05) is 53.0 Å². The van der Waals surface area contributed by atoms with Gasteiger partial charge in [-0.25, -0.2) is 0 Å². The van der Waals surface area contributed by atoms with E-state index in [4.69, 9.17) is 9.73 Å². The minimum absolute atomic E-state index is 0.787. The van der Waals surface area contributed by atoms with Crippen LogP contribution >= 0.6 is 0 Å². The Kier molecular flexibility index (Phi) is 6.60. The number of ether oxygens (including phenoxy) is 1. The van der Waals surface area contributed by atoms with Gasteiger partial charge in [-0.1, -0.05) is 0 Å². The van der Waals surface area contributed by atoms with Gasteiger partial charge in [-0.2, -0.15) is 0 Å². The van der Waals surface area contributed by atoms with Gasteiger partial charge >= 0.3 is 0 Å². The van der Waals surface area contributed by atoms with E-state index in [9.17, 15) is 0 Å². The van der Waals surface area contributed by atoms with Gasteiger partial charge in [0.2, 0.25) is 0 Å². The molecule has 116 valence electrons. The average Bonchev–Trinajstić information content (AvgIpc) is 3.15. The van der Waals surface area contributed by atoms with Crippen LogP contribution in [-0.2, 0) is 4.74 Å². The summed E-state index contributed by atoms with van der Waals surface area (Å²) < 4.78 is 5.20. The Morgan fingerprint density at radius 1 is 1.30 bits per heavy atom. The van der Waals surface area contributed by atoms with Gasteiger partial charge in [0.05, 0.1) is 13.2 Å². The van der Waals surface area contributed by atoms with Crippen LogP contribution < -0.4 is 5.32 Å². The normalized spacial score (nSPS) is 19.9. The van der Waals surface area contributed by atoms with Crippen molar-refractivity contribution in [1.29, 1.82) is 0 Å². The van der Waals surface area contributed by atoms with Crippen LogP contribution in [0.4, 0.5) is 0 Å². The molecule has 20 heavy (non-hydrogen) atoms. The topological polar surface area (TPSA) is 40.1 Å². The first-order valence-electron chi connectivity index (χ1n) is 8.11. The van der Waals surface area contributed by atoms with Crippen LogP contribution in [0.15, 0.2) is 4.99 Å². The van der Waals surface area contributed by atoms with Gasteiger partial charge in [0, 0.05) is 45.9 Å². The van der Waals surface area contributed by atoms with Crippen molar-refractivity contribution >= 4 is 5.96 Å². The zero-order valence-corrected chi connectivity index (χ0v) is 13.1. The minimum Gasteiger partial charge on any atom is -0.383 e. The molecule has 0 spiro atoms. The highest BCUT2D eigenvalue weighted by Crippen LogP contribution is 2.26. The monoisotopic (exact) mass is 282 g/mol. The first kappa shape index (κ1) is 15.6. The number of nitrogens with zero attached hydrogens (tertiary/aromatic N) is 3. The van der Waals surface area contributed by atoms with Crippen LogP contribution in [0.2, 0.25) is 0 Å². The van der Waals surface area contributed by atoms with Crippen LogP contribution in [0.25, 0.3) is 0 Å². The van der Waals surface area contributed by atoms with Crippen molar-refractivity contribution in [3.05, 3.63) is 0 Å². The number of hydrogen-bond acceptors (Lipinski definition) is 3. The van der Waals surface area contributed by atoms with E-state index in [1.807, 2.05) is 0 Å². The Bertz CT molecular complexity index is 298. The lowest BCUT2D eigenvalue weighted by Gasteiger charge is -2.23. The molecule has 0 amide bonds. The molecule has 0 radical (unpaired) electrons. The van der Waals surface area contributed by atoms with Crippen LogP contribution in [0.3, 0.4) is 0 Å². The fourth-order valence-corrected chi connectivity index (χ4v) is 2.76. The van der Waals surface area contributed by atoms with Crippen molar-refractivity contribution in [2.24, 2.45) is 4.99 Å². The van der Waals surface area contributed by atoms with E-state index in [0.29, 0.717) is 0 Å². The van der Waals surface area contributed by atoms with Crippen molar-refractivity contribution < 1.29 is 4.74 Å². The maximum atomic E-state index is 5.20. The predicted molar refractivity (Wildman–Crippen MR) is 83.3 cm³/mol. The summed E-state index contributed by atoms with van der Waals surface area (Å²) in [6, 6.07) is 0.787. The highest BCUT2D eigenvalue weighted by Gasteiger charge is 2.28. The molecular weight excluding hydrogens is 252 g/mol. The molecule has 2 rings (SSSR count). The molecule has 5 nitrogen and oxygen atoms in total. The molecule has 1 aliphatic heterocycles. The molecule has 1 N–H and O–H groups in total. The van der Waals surface area contributed by atoms with E-state index in [1.165, 1.54) is 25.7 Å². The molecule has 0 aromatic rings. The first-order chi connectivity index (χ1) is 9.85. The third-order valence-electron chi connectivity index (χ3n) is 4.04. The highest BCUT2D eigenvalue weighted by molar-refractivity contribution is 5.80. The average molecular weight is 282 g/mol. The van der Waals surface area contributed by atoms with Crippen molar-refractivity contribution in [3.8, 4) is 0 Å². The molecule has 0 atom stereocenters. The third kappa shape index (κ3) is 4.94. The molecule has 5 heteroatoms. The molecule has 1 heterocycles. The number of rotatable bonds is 8. The molecule has 2 aliphatic rings. The number of guanidine groups is 1. The van der Waals surface area contributed by atoms with Crippen LogP contribution in [-0.4, -0.2) is 74.8 Å². The summed E-state index contributed by atoms with van der Waals surface area (Å²) in [6.07, 6.45) is 5.29. The van der Waals surface area contributed by atoms with Gasteiger partial charge in [-0.3, -0.25) is 9.89 Å². The highest BCUT2D eigenvalue weighted by atomic mass is 16.5. The lowest BCUT2D eigenvalue weighted by atomic mass is 10.4. The Balaban J connectivity index is 1.78. The van der Waals surface area contributed by atoms with Gasteiger partial charge in [0.1, 0.15) is 0 Å². The van der Waals surface area contributed by atoms with Crippen molar-refractivity contribution in [1.82, 2.24) is 15.1 Å². The summed E-state index contributed by atoms with van der Waals surface area (Å²) >= 11 is 0. The Morgan fingerprint density at radius 3 is 2.65 bits per heavy atom. The minimum atomic E-state index is 0.787. The molecule has 1 aliphatic carbocycles. The SMILES string of the molecule is CCNC(=NCCN(CCOC)C1CC1)N1CCCC1. The Hall–Kier alpha value is -0.810. The number of methoxy groups -OCH3 is 1. The van der Waals surface area contributed by atoms with E-state index in [1.54, 1.807) is 7.11 Å². The third-order valence-corrected chi connectivity index (χ3v) is 4.04. The van der Waals surface area contributed by atoms with Crippen LogP contribution in [0.1, 0.15) is 32.6 Å². The van der Waals surface area contributed by atoms with Crippen molar-refractivity contribution in [2.45, 2.75) is 38.6 Å². The summed E-state index contributed by atoms with van der Waals surface area (Å²) in [5, 5.41) is 3.42. The molecule has 2 fully saturated rings. The molecule has 1 saturated carbocycles. The Morgan fingerprint density at radius 2 is 2.05 bits per heavy atom.